The van der Waals surface area contributed by atoms with Gasteiger partial charge in [-0.1, -0.05) is 11.6 Å². The van der Waals surface area contributed by atoms with Gasteiger partial charge in [-0.2, -0.15) is 0 Å². The van der Waals surface area contributed by atoms with Gasteiger partial charge in [-0.25, -0.2) is 4.98 Å². The quantitative estimate of drug-likeness (QED) is 0.666. The van der Waals surface area contributed by atoms with Crippen LogP contribution in [-0.4, -0.2) is 23.0 Å². The molecule has 2 aromatic rings. The van der Waals surface area contributed by atoms with Crippen LogP contribution in [0.1, 0.15) is 24.8 Å². The standard InChI is InChI=1S/C14H15ClN4O2/c1-21-14(19-13(20)7-2-3-7)10-4-8-5-11(15)18-12(16)9(8)6-17-10/h4-7,14H,2-3H2,1H3,(H2,16,18)(H,19,20). The Labute approximate surface area is 126 Å². The van der Waals surface area contributed by atoms with Gasteiger partial charge in [0, 0.05) is 24.6 Å². The van der Waals surface area contributed by atoms with E-state index in [4.69, 9.17) is 22.1 Å². The molecule has 0 saturated heterocycles. The summed E-state index contributed by atoms with van der Waals surface area (Å²) in [7, 11) is 1.53. The normalized spacial score (nSPS) is 15.9. The van der Waals surface area contributed by atoms with Crippen LogP contribution in [0.2, 0.25) is 5.15 Å². The van der Waals surface area contributed by atoms with E-state index in [9.17, 15) is 4.79 Å². The molecule has 21 heavy (non-hydrogen) atoms. The topological polar surface area (TPSA) is 90.1 Å². The molecule has 0 bridgehead atoms. The first-order chi connectivity index (χ1) is 10.1. The number of carbonyl (C=O) groups is 1. The predicted molar refractivity (Wildman–Crippen MR) is 79.6 cm³/mol. The second kappa shape index (κ2) is 5.46. The highest BCUT2D eigenvalue weighted by Gasteiger charge is 2.31. The lowest BCUT2D eigenvalue weighted by Crippen LogP contribution is -2.31. The van der Waals surface area contributed by atoms with Crippen molar-refractivity contribution in [2.24, 2.45) is 5.92 Å². The van der Waals surface area contributed by atoms with E-state index in [1.54, 1.807) is 18.3 Å². The number of rotatable bonds is 4. The number of nitrogens with one attached hydrogen (secondary N) is 1. The zero-order chi connectivity index (χ0) is 15.0. The summed E-state index contributed by atoms with van der Waals surface area (Å²) in [6.45, 7) is 0. The average Bonchev–Trinajstić information content (AvgIpc) is 3.28. The lowest BCUT2D eigenvalue weighted by molar-refractivity contribution is -0.126. The van der Waals surface area contributed by atoms with Crippen LogP contribution < -0.4 is 11.1 Å². The second-order valence-corrected chi connectivity index (χ2v) is 5.45. The Morgan fingerprint density at radius 2 is 2.29 bits per heavy atom. The summed E-state index contributed by atoms with van der Waals surface area (Å²) < 4.78 is 5.32. The third-order valence-electron chi connectivity index (χ3n) is 3.46. The number of halogens is 1. The van der Waals surface area contributed by atoms with E-state index in [-0.39, 0.29) is 11.8 Å². The molecule has 2 heterocycles. The van der Waals surface area contributed by atoms with Crippen molar-refractivity contribution in [2.75, 3.05) is 12.8 Å². The summed E-state index contributed by atoms with van der Waals surface area (Å²) in [5, 5.41) is 4.67. The number of methoxy groups -OCH3 is 1. The first-order valence-corrected chi connectivity index (χ1v) is 7.01. The van der Waals surface area contributed by atoms with Crippen molar-refractivity contribution >= 4 is 34.1 Å². The molecule has 0 aliphatic heterocycles. The molecule has 7 heteroatoms. The van der Waals surface area contributed by atoms with Crippen LogP contribution in [0.25, 0.3) is 10.8 Å². The SMILES string of the molecule is COC(NC(=O)C1CC1)c1cc2cc(Cl)nc(N)c2cn1. The molecule has 6 nitrogen and oxygen atoms in total. The van der Waals surface area contributed by atoms with Gasteiger partial charge in [0.1, 0.15) is 11.0 Å². The van der Waals surface area contributed by atoms with E-state index >= 15 is 0 Å². The van der Waals surface area contributed by atoms with Gasteiger partial charge in [-0.05, 0) is 30.4 Å². The highest BCUT2D eigenvalue weighted by molar-refractivity contribution is 6.30. The van der Waals surface area contributed by atoms with Crippen molar-refractivity contribution in [1.29, 1.82) is 0 Å². The van der Waals surface area contributed by atoms with Crippen molar-refractivity contribution in [1.82, 2.24) is 15.3 Å². The predicted octanol–water partition coefficient (Wildman–Crippen LogP) is 2.04. The van der Waals surface area contributed by atoms with Crippen molar-refractivity contribution in [3.63, 3.8) is 0 Å². The third-order valence-corrected chi connectivity index (χ3v) is 3.65. The van der Waals surface area contributed by atoms with E-state index in [1.807, 2.05) is 0 Å². The number of aromatic nitrogens is 2. The molecule has 2 aromatic heterocycles. The summed E-state index contributed by atoms with van der Waals surface area (Å²) in [6.07, 6.45) is 2.89. The van der Waals surface area contributed by atoms with Gasteiger partial charge in [0.25, 0.3) is 0 Å². The van der Waals surface area contributed by atoms with Crippen LogP contribution in [0, 0.1) is 5.92 Å². The maximum Gasteiger partial charge on any atom is 0.225 e. The number of amides is 1. The molecular weight excluding hydrogens is 292 g/mol. The van der Waals surface area contributed by atoms with E-state index < -0.39 is 6.23 Å². The molecular formula is C14H15ClN4O2. The molecule has 0 spiro atoms. The van der Waals surface area contributed by atoms with Crippen LogP contribution >= 0.6 is 11.6 Å². The molecule has 1 atom stereocenters. The minimum atomic E-state index is -0.587. The number of nitrogens with zero attached hydrogens (tertiary/aromatic N) is 2. The Morgan fingerprint density at radius 3 is 2.95 bits per heavy atom. The number of carbonyl (C=O) groups excluding carboxylic acids is 1. The molecule has 1 unspecified atom stereocenters. The smallest absolute Gasteiger partial charge is 0.225 e. The first-order valence-electron chi connectivity index (χ1n) is 6.63. The van der Waals surface area contributed by atoms with Gasteiger partial charge >= 0.3 is 0 Å². The number of hydrogen-bond donors (Lipinski definition) is 2. The fraction of sp³-hybridized carbons (Fsp3) is 0.357. The van der Waals surface area contributed by atoms with Crippen LogP contribution in [0.3, 0.4) is 0 Å². The molecule has 3 N–H and O–H groups in total. The van der Waals surface area contributed by atoms with Crippen LogP contribution in [0.4, 0.5) is 5.82 Å². The van der Waals surface area contributed by atoms with E-state index in [0.29, 0.717) is 22.1 Å². The number of fused-ring (bicyclic) bond motifs is 1. The van der Waals surface area contributed by atoms with Crippen molar-refractivity contribution in [2.45, 2.75) is 19.1 Å². The van der Waals surface area contributed by atoms with Gasteiger partial charge in [0.2, 0.25) is 5.91 Å². The molecule has 0 aromatic carbocycles. The minimum absolute atomic E-state index is 0.00368. The summed E-state index contributed by atoms with van der Waals surface area (Å²) in [5.74, 6) is 0.431. The summed E-state index contributed by atoms with van der Waals surface area (Å²) >= 11 is 5.91. The molecule has 1 aliphatic carbocycles. The van der Waals surface area contributed by atoms with Crippen LogP contribution in [-0.2, 0) is 9.53 Å². The second-order valence-electron chi connectivity index (χ2n) is 5.06. The maximum absolute atomic E-state index is 11.8. The molecule has 0 radical (unpaired) electrons. The fourth-order valence-electron chi connectivity index (χ4n) is 2.15. The molecule has 110 valence electrons. The monoisotopic (exact) mass is 306 g/mol. The van der Waals surface area contributed by atoms with Crippen molar-refractivity contribution < 1.29 is 9.53 Å². The Kier molecular flexibility index (Phi) is 3.65. The van der Waals surface area contributed by atoms with Crippen LogP contribution in [0.5, 0.6) is 0 Å². The highest BCUT2D eigenvalue weighted by Crippen LogP contribution is 2.30. The van der Waals surface area contributed by atoms with Gasteiger partial charge in [-0.3, -0.25) is 9.78 Å². The van der Waals surface area contributed by atoms with Crippen molar-refractivity contribution in [3.05, 3.63) is 29.2 Å². The third kappa shape index (κ3) is 2.91. The Balaban J connectivity index is 1.92. The largest absolute Gasteiger partial charge is 0.383 e. The minimum Gasteiger partial charge on any atom is -0.383 e. The Bertz CT molecular complexity index is 703. The Morgan fingerprint density at radius 1 is 1.52 bits per heavy atom. The van der Waals surface area contributed by atoms with E-state index in [0.717, 1.165) is 18.2 Å². The summed E-state index contributed by atoms with van der Waals surface area (Å²) in [6, 6.07) is 3.49. The lowest BCUT2D eigenvalue weighted by atomic mass is 10.1. The van der Waals surface area contributed by atoms with Gasteiger partial charge < -0.3 is 15.8 Å². The van der Waals surface area contributed by atoms with Crippen LogP contribution in [0.15, 0.2) is 18.3 Å². The molecule has 1 amide bonds. The van der Waals surface area contributed by atoms with E-state index in [1.165, 1.54) is 7.11 Å². The summed E-state index contributed by atoms with van der Waals surface area (Å²) in [4.78, 5) is 20.1. The fourth-order valence-corrected chi connectivity index (χ4v) is 2.36. The van der Waals surface area contributed by atoms with Crippen molar-refractivity contribution in [3.8, 4) is 0 Å². The number of ether oxygens (including phenoxy) is 1. The van der Waals surface area contributed by atoms with Gasteiger partial charge in [0.15, 0.2) is 6.23 Å². The van der Waals surface area contributed by atoms with E-state index in [2.05, 4.69) is 15.3 Å². The number of hydrogen-bond acceptors (Lipinski definition) is 5. The van der Waals surface area contributed by atoms with Gasteiger partial charge in [0.05, 0.1) is 5.69 Å². The molecule has 1 saturated carbocycles. The Hall–Kier alpha value is -1.92. The highest BCUT2D eigenvalue weighted by atomic mass is 35.5. The number of anilines is 1. The number of nitrogen functional groups attached to an aromatic ring is 1. The summed E-state index contributed by atoms with van der Waals surface area (Å²) in [5.41, 5.74) is 6.41. The van der Waals surface area contributed by atoms with Gasteiger partial charge in [-0.15, -0.1) is 0 Å². The number of nitrogens with two attached hydrogens (primary N) is 1. The first kappa shape index (κ1) is 14.0. The molecule has 1 aliphatic rings. The molecule has 1 fully saturated rings. The lowest BCUT2D eigenvalue weighted by Gasteiger charge is -2.17. The number of pyridine rings is 2. The molecule has 3 rings (SSSR count). The zero-order valence-electron chi connectivity index (χ0n) is 11.5. The zero-order valence-corrected chi connectivity index (χ0v) is 12.2. The maximum atomic E-state index is 11.8. The average molecular weight is 307 g/mol.